The number of thiophene rings is 1. The van der Waals surface area contributed by atoms with Crippen molar-refractivity contribution >= 4 is 27.1 Å². The Kier molecular flexibility index (Phi) is 4.34. The molecule has 4 nitrogen and oxygen atoms in total. The highest BCUT2D eigenvalue weighted by molar-refractivity contribution is 7.89. The lowest BCUT2D eigenvalue weighted by Crippen LogP contribution is -2.27. The van der Waals surface area contributed by atoms with E-state index >= 15 is 0 Å². The first kappa shape index (κ1) is 16.9. The standard InChI is InChI=1S/C19H15FN2O2S2/c20-15-7-4-6-14(12-15)18-13-17(19-10-5-11-25-19)21-22(18)26(23,24)16-8-2-1-3-9-16/h1-12,18H,13H2/t18-/m0/s1. The summed E-state index contributed by atoms with van der Waals surface area (Å²) in [6, 6.07) is 17.4. The summed E-state index contributed by atoms with van der Waals surface area (Å²) in [5.74, 6) is -0.399. The molecule has 0 N–H and O–H groups in total. The largest absolute Gasteiger partial charge is 0.279 e. The third-order valence-corrected chi connectivity index (χ3v) is 6.81. The first-order valence-electron chi connectivity index (χ1n) is 8.02. The number of sulfonamides is 1. The zero-order valence-electron chi connectivity index (χ0n) is 13.6. The molecular formula is C19H15FN2O2S2. The van der Waals surface area contributed by atoms with Crippen molar-refractivity contribution in [1.29, 1.82) is 0 Å². The fourth-order valence-electron chi connectivity index (χ4n) is 2.96. The first-order valence-corrected chi connectivity index (χ1v) is 10.3. The molecule has 0 spiro atoms. The minimum atomic E-state index is -3.84. The van der Waals surface area contributed by atoms with Crippen LogP contribution in [0.15, 0.2) is 82.1 Å². The van der Waals surface area contributed by atoms with Gasteiger partial charge >= 0.3 is 0 Å². The van der Waals surface area contributed by atoms with Crippen molar-refractivity contribution in [2.45, 2.75) is 17.4 Å². The Morgan fingerprint density at radius 2 is 1.85 bits per heavy atom. The maximum Gasteiger partial charge on any atom is 0.279 e. The van der Waals surface area contributed by atoms with Crippen molar-refractivity contribution in [1.82, 2.24) is 4.41 Å². The zero-order valence-corrected chi connectivity index (χ0v) is 15.3. The molecule has 0 bridgehead atoms. The molecule has 2 heterocycles. The predicted molar refractivity (Wildman–Crippen MR) is 100 cm³/mol. The lowest BCUT2D eigenvalue weighted by atomic mass is 10.0. The molecule has 1 aliphatic heterocycles. The van der Waals surface area contributed by atoms with Crippen LogP contribution >= 0.6 is 11.3 Å². The molecule has 0 saturated heterocycles. The van der Waals surface area contributed by atoms with E-state index in [-0.39, 0.29) is 4.90 Å². The third-order valence-electron chi connectivity index (χ3n) is 4.20. The fraction of sp³-hybridized carbons (Fsp3) is 0.105. The number of nitrogens with zero attached hydrogens (tertiary/aromatic N) is 2. The zero-order chi connectivity index (χ0) is 18.1. The Bertz CT molecular complexity index is 1050. The van der Waals surface area contributed by atoms with E-state index in [0.717, 1.165) is 9.29 Å². The number of halogens is 1. The summed E-state index contributed by atoms with van der Waals surface area (Å²) in [5, 5.41) is 6.34. The van der Waals surface area contributed by atoms with Gasteiger partial charge in [-0.05, 0) is 41.3 Å². The minimum Gasteiger partial charge on any atom is -0.207 e. The van der Waals surface area contributed by atoms with Crippen LogP contribution in [0.1, 0.15) is 22.9 Å². The summed E-state index contributed by atoms with van der Waals surface area (Å²) in [7, 11) is -3.84. The number of benzene rings is 2. The van der Waals surface area contributed by atoms with Gasteiger partial charge in [0.15, 0.2) is 0 Å². The van der Waals surface area contributed by atoms with Gasteiger partial charge < -0.3 is 0 Å². The molecule has 1 aliphatic rings. The van der Waals surface area contributed by atoms with E-state index < -0.39 is 21.9 Å². The van der Waals surface area contributed by atoms with Crippen LogP contribution in [0.3, 0.4) is 0 Å². The SMILES string of the molecule is O=S(=O)(c1ccccc1)N1N=C(c2cccs2)C[C@H]1c1cccc(F)c1. The van der Waals surface area contributed by atoms with Gasteiger partial charge in [-0.15, -0.1) is 11.3 Å². The van der Waals surface area contributed by atoms with Crippen LogP contribution in [0, 0.1) is 5.82 Å². The topological polar surface area (TPSA) is 49.7 Å². The van der Waals surface area contributed by atoms with Gasteiger partial charge in [0.25, 0.3) is 10.0 Å². The monoisotopic (exact) mass is 386 g/mol. The quantitative estimate of drug-likeness (QED) is 0.666. The van der Waals surface area contributed by atoms with Crippen molar-refractivity contribution < 1.29 is 12.8 Å². The Morgan fingerprint density at radius 1 is 1.04 bits per heavy atom. The van der Waals surface area contributed by atoms with Crippen LogP contribution in [0.4, 0.5) is 4.39 Å². The number of hydrogen-bond donors (Lipinski definition) is 0. The van der Waals surface area contributed by atoms with Gasteiger partial charge in [0, 0.05) is 6.42 Å². The van der Waals surface area contributed by atoms with Crippen molar-refractivity contribution in [3.8, 4) is 0 Å². The lowest BCUT2D eigenvalue weighted by Gasteiger charge is -2.23. The van der Waals surface area contributed by atoms with Crippen LogP contribution in [-0.2, 0) is 10.0 Å². The van der Waals surface area contributed by atoms with Gasteiger partial charge in [0.1, 0.15) is 5.82 Å². The summed E-state index contributed by atoms with van der Waals surface area (Å²) in [4.78, 5) is 1.08. The molecule has 7 heteroatoms. The van der Waals surface area contributed by atoms with Crippen LogP contribution < -0.4 is 0 Å². The van der Waals surface area contributed by atoms with Crippen molar-refractivity contribution in [3.63, 3.8) is 0 Å². The summed E-state index contributed by atoms with van der Waals surface area (Å²) >= 11 is 1.50. The smallest absolute Gasteiger partial charge is 0.207 e. The number of hydrogen-bond acceptors (Lipinski definition) is 4. The van der Waals surface area contributed by atoms with Gasteiger partial charge in [-0.2, -0.15) is 17.9 Å². The normalized spacial score (nSPS) is 17.3. The fourth-order valence-corrected chi connectivity index (χ4v) is 5.14. The van der Waals surface area contributed by atoms with Gasteiger partial charge in [0.2, 0.25) is 0 Å². The highest BCUT2D eigenvalue weighted by atomic mass is 32.2. The summed E-state index contributed by atoms with van der Waals surface area (Å²) in [6.07, 6.45) is 0.399. The molecule has 0 aliphatic carbocycles. The van der Waals surface area contributed by atoms with E-state index in [2.05, 4.69) is 5.10 Å². The van der Waals surface area contributed by atoms with Crippen LogP contribution in [-0.4, -0.2) is 18.5 Å². The second kappa shape index (κ2) is 6.66. The van der Waals surface area contributed by atoms with Crippen LogP contribution in [0.2, 0.25) is 0 Å². The molecule has 132 valence electrons. The number of hydrazone groups is 1. The highest BCUT2D eigenvalue weighted by Crippen LogP contribution is 2.37. The van der Waals surface area contributed by atoms with Crippen LogP contribution in [0.5, 0.6) is 0 Å². The third kappa shape index (κ3) is 3.04. The maximum atomic E-state index is 13.7. The minimum absolute atomic E-state index is 0.164. The molecule has 1 aromatic heterocycles. The van der Waals surface area contributed by atoms with Gasteiger partial charge in [-0.1, -0.05) is 36.4 Å². The van der Waals surface area contributed by atoms with Gasteiger partial charge in [0.05, 0.1) is 21.5 Å². The summed E-state index contributed by atoms with van der Waals surface area (Å²) in [6.45, 7) is 0. The Hall–Kier alpha value is -2.51. The molecular weight excluding hydrogens is 371 g/mol. The van der Waals surface area contributed by atoms with Crippen molar-refractivity contribution in [2.75, 3.05) is 0 Å². The molecule has 2 aromatic carbocycles. The van der Waals surface area contributed by atoms with Crippen LogP contribution in [0.25, 0.3) is 0 Å². The van der Waals surface area contributed by atoms with E-state index in [1.165, 1.54) is 35.6 Å². The molecule has 0 radical (unpaired) electrons. The van der Waals surface area contributed by atoms with Gasteiger partial charge in [-0.3, -0.25) is 0 Å². The summed E-state index contributed by atoms with van der Waals surface area (Å²) in [5.41, 5.74) is 1.27. The van der Waals surface area contributed by atoms with E-state index in [4.69, 9.17) is 0 Å². The maximum absolute atomic E-state index is 13.7. The van der Waals surface area contributed by atoms with E-state index in [1.54, 1.807) is 30.3 Å². The molecule has 0 fully saturated rings. The molecule has 0 saturated carbocycles. The van der Waals surface area contributed by atoms with Gasteiger partial charge in [-0.25, -0.2) is 4.39 Å². The second-order valence-corrected chi connectivity index (χ2v) is 8.63. The van der Waals surface area contributed by atoms with E-state index in [0.29, 0.717) is 17.7 Å². The van der Waals surface area contributed by atoms with E-state index in [9.17, 15) is 12.8 Å². The Balaban J connectivity index is 1.81. The highest BCUT2D eigenvalue weighted by Gasteiger charge is 2.38. The first-order chi connectivity index (χ1) is 12.6. The average Bonchev–Trinajstić information content (AvgIpc) is 3.32. The van der Waals surface area contributed by atoms with E-state index in [1.807, 2.05) is 17.5 Å². The number of rotatable bonds is 4. The molecule has 1 atom stereocenters. The van der Waals surface area contributed by atoms with Crippen molar-refractivity contribution in [3.05, 3.63) is 88.4 Å². The lowest BCUT2D eigenvalue weighted by molar-refractivity contribution is 0.370. The molecule has 3 aromatic rings. The molecule has 0 unspecified atom stereocenters. The predicted octanol–water partition coefficient (Wildman–Crippen LogP) is 4.43. The second-order valence-electron chi connectivity index (χ2n) is 5.89. The Labute approximate surface area is 155 Å². The molecule has 0 amide bonds. The average molecular weight is 386 g/mol. The molecule has 4 rings (SSSR count). The van der Waals surface area contributed by atoms with Crippen molar-refractivity contribution in [2.24, 2.45) is 5.10 Å². The summed E-state index contributed by atoms with van der Waals surface area (Å²) < 4.78 is 41.1. The Morgan fingerprint density at radius 3 is 2.54 bits per heavy atom. The molecule has 26 heavy (non-hydrogen) atoms.